The summed E-state index contributed by atoms with van der Waals surface area (Å²) in [5.41, 5.74) is 0.813. The van der Waals surface area contributed by atoms with Crippen LogP contribution in [0.15, 0.2) is 35.2 Å². The molecular formula is C17H17IO6S. The minimum atomic E-state index is -4.41. The third-order valence-corrected chi connectivity index (χ3v) is 5.41. The van der Waals surface area contributed by atoms with E-state index in [2.05, 4.69) is 0 Å². The van der Waals surface area contributed by atoms with E-state index < -0.39 is 16.1 Å². The highest BCUT2D eigenvalue weighted by Crippen LogP contribution is 2.32. The Balaban J connectivity index is 2.50. The van der Waals surface area contributed by atoms with Crippen LogP contribution in [0, 0.1) is 10.5 Å². The molecule has 0 atom stereocenters. The van der Waals surface area contributed by atoms with Crippen LogP contribution in [0.3, 0.4) is 0 Å². The van der Waals surface area contributed by atoms with Crippen molar-refractivity contribution in [3.8, 4) is 11.5 Å². The molecule has 2 rings (SSSR count). The third-order valence-electron chi connectivity index (χ3n) is 3.63. The second kappa shape index (κ2) is 7.30. The molecule has 0 radical (unpaired) electrons. The monoisotopic (exact) mass is 476 g/mol. The smallest absolute Gasteiger partial charge is 0.343 e. The van der Waals surface area contributed by atoms with Crippen molar-refractivity contribution in [2.75, 3.05) is 0 Å². The number of phenolic OH excluding ortho intramolecular Hbond substituents is 1. The minimum absolute atomic E-state index is 0.0150. The molecule has 0 aromatic heterocycles. The van der Waals surface area contributed by atoms with Crippen molar-refractivity contribution in [3.05, 3.63) is 50.6 Å². The van der Waals surface area contributed by atoms with E-state index >= 15 is 0 Å². The van der Waals surface area contributed by atoms with Crippen molar-refractivity contribution in [1.82, 2.24) is 0 Å². The molecule has 0 bridgehead atoms. The van der Waals surface area contributed by atoms with Gasteiger partial charge in [-0.15, -0.1) is 0 Å². The number of ether oxygens (including phenoxy) is 1. The van der Waals surface area contributed by atoms with Gasteiger partial charge in [-0.2, -0.15) is 8.42 Å². The number of para-hydroxylation sites is 1. The summed E-state index contributed by atoms with van der Waals surface area (Å²) in [5.74, 6) is -1.09. The van der Waals surface area contributed by atoms with Crippen LogP contribution in [-0.4, -0.2) is 24.0 Å². The molecule has 0 aliphatic heterocycles. The van der Waals surface area contributed by atoms with Crippen molar-refractivity contribution in [1.29, 1.82) is 0 Å². The van der Waals surface area contributed by atoms with Gasteiger partial charge in [0.2, 0.25) is 0 Å². The number of carbonyl (C=O) groups excluding carboxylic acids is 1. The Labute approximate surface area is 159 Å². The highest BCUT2D eigenvalue weighted by Gasteiger charge is 2.23. The lowest BCUT2D eigenvalue weighted by Crippen LogP contribution is -2.14. The van der Waals surface area contributed by atoms with Gasteiger partial charge < -0.3 is 9.84 Å². The van der Waals surface area contributed by atoms with Gasteiger partial charge in [0, 0.05) is 0 Å². The lowest BCUT2D eigenvalue weighted by atomic mass is 9.97. The molecule has 0 fully saturated rings. The van der Waals surface area contributed by atoms with Crippen molar-refractivity contribution in [2.45, 2.75) is 31.6 Å². The zero-order valence-corrected chi connectivity index (χ0v) is 16.8. The molecule has 0 unspecified atom stereocenters. The molecule has 0 amide bonds. The van der Waals surface area contributed by atoms with E-state index in [9.17, 15) is 22.9 Å². The van der Waals surface area contributed by atoms with Gasteiger partial charge in [-0.1, -0.05) is 19.9 Å². The van der Waals surface area contributed by atoms with Crippen molar-refractivity contribution >= 4 is 38.7 Å². The van der Waals surface area contributed by atoms with Gasteiger partial charge in [0.25, 0.3) is 10.1 Å². The first-order valence-corrected chi connectivity index (χ1v) is 9.86. The summed E-state index contributed by atoms with van der Waals surface area (Å²) in [6.45, 7) is 5.05. The molecule has 0 saturated heterocycles. The first kappa shape index (κ1) is 19.7. The number of carbonyl (C=O) groups is 1. The molecule has 0 aliphatic carbocycles. The number of halogens is 1. The van der Waals surface area contributed by atoms with E-state index in [1.807, 2.05) is 22.6 Å². The average molecular weight is 476 g/mol. The number of hydrogen-bond acceptors (Lipinski definition) is 5. The maximum absolute atomic E-state index is 12.5. The molecular weight excluding hydrogens is 459 g/mol. The summed E-state index contributed by atoms with van der Waals surface area (Å²) < 4.78 is 38.3. The standard InChI is InChI=1S/C17H17IO6S/c1-9(2)11-8-12(10(3)7-15(11)25(21,22)23)17(20)24-14-6-4-5-13(18)16(14)19/h4-9,19H,1-3H3,(H,21,22,23). The summed E-state index contributed by atoms with van der Waals surface area (Å²) in [7, 11) is -4.41. The molecule has 0 aliphatic rings. The second-order valence-electron chi connectivity index (χ2n) is 5.81. The maximum atomic E-state index is 12.5. The molecule has 8 heteroatoms. The SMILES string of the molecule is Cc1cc(S(=O)(=O)O)c(C(C)C)cc1C(=O)Oc1cccc(I)c1O. The van der Waals surface area contributed by atoms with Crippen LogP contribution in [0.25, 0.3) is 0 Å². The van der Waals surface area contributed by atoms with Crippen molar-refractivity contribution in [2.24, 2.45) is 0 Å². The van der Waals surface area contributed by atoms with Crippen LogP contribution in [0.1, 0.15) is 41.3 Å². The predicted molar refractivity (Wildman–Crippen MR) is 101 cm³/mol. The highest BCUT2D eigenvalue weighted by molar-refractivity contribution is 14.1. The van der Waals surface area contributed by atoms with E-state index in [0.717, 1.165) is 0 Å². The summed E-state index contributed by atoms with van der Waals surface area (Å²) >= 11 is 1.91. The van der Waals surface area contributed by atoms with Crippen molar-refractivity contribution in [3.63, 3.8) is 0 Å². The number of phenols is 1. The zero-order valence-electron chi connectivity index (χ0n) is 13.8. The molecule has 0 spiro atoms. The summed E-state index contributed by atoms with van der Waals surface area (Å²) in [5, 5.41) is 9.96. The van der Waals surface area contributed by atoms with E-state index in [-0.39, 0.29) is 27.9 Å². The number of aryl methyl sites for hydroxylation is 1. The molecule has 2 aromatic carbocycles. The minimum Gasteiger partial charge on any atom is -0.504 e. The van der Waals surface area contributed by atoms with E-state index in [4.69, 9.17) is 4.74 Å². The lowest BCUT2D eigenvalue weighted by molar-refractivity contribution is 0.0728. The van der Waals surface area contributed by atoms with E-state index in [1.165, 1.54) is 18.2 Å². The Bertz CT molecular complexity index is 934. The molecule has 0 saturated carbocycles. The predicted octanol–water partition coefficient (Wildman–Crippen LogP) is 3.89. The van der Waals surface area contributed by atoms with Gasteiger partial charge in [0.1, 0.15) is 0 Å². The summed E-state index contributed by atoms with van der Waals surface area (Å²) in [4.78, 5) is 12.3. The molecule has 134 valence electrons. The summed E-state index contributed by atoms with van der Waals surface area (Å²) in [6, 6.07) is 7.40. The first-order chi connectivity index (χ1) is 11.5. The first-order valence-electron chi connectivity index (χ1n) is 7.34. The fraction of sp³-hybridized carbons (Fsp3) is 0.235. The van der Waals surface area contributed by atoms with Crippen LogP contribution in [0.5, 0.6) is 11.5 Å². The number of rotatable bonds is 4. The fourth-order valence-corrected chi connectivity index (χ4v) is 3.72. The van der Waals surface area contributed by atoms with E-state index in [0.29, 0.717) is 14.7 Å². The molecule has 2 N–H and O–H groups in total. The largest absolute Gasteiger partial charge is 0.504 e. The second-order valence-corrected chi connectivity index (χ2v) is 8.36. The lowest BCUT2D eigenvalue weighted by Gasteiger charge is -2.15. The normalized spacial score (nSPS) is 11.6. The van der Waals surface area contributed by atoms with Gasteiger partial charge in [-0.3, -0.25) is 4.55 Å². The Hall–Kier alpha value is -1.65. The van der Waals surface area contributed by atoms with Crippen LogP contribution in [0.2, 0.25) is 0 Å². The van der Waals surface area contributed by atoms with Gasteiger partial charge in [0.05, 0.1) is 14.0 Å². The van der Waals surface area contributed by atoms with Crippen LogP contribution < -0.4 is 4.74 Å². The molecule has 0 heterocycles. The molecule has 25 heavy (non-hydrogen) atoms. The van der Waals surface area contributed by atoms with Gasteiger partial charge in [-0.25, -0.2) is 4.79 Å². The maximum Gasteiger partial charge on any atom is 0.343 e. The van der Waals surface area contributed by atoms with Crippen LogP contribution >= 0.6 is 22.6 Å². The topological polar surface area (TPSA) is 101 Å². The summed E-state index contributed by atoms with van der Waals surface area (Å²) in [6.07, 6.45) is 0. The third kappa shape index (κ3) is 4.31. The van der Waals surface area contributed by atoms with Crippen LogP contribution in [0.4, 0.5) is 0 Å². The fourth-order valence-electron chi connectivity index (χ4n) is 2.33. The van der Waals surface area contributed by atoms with Gasteiger partial charge in [-0.05, 0) is 70.8 Å². The highest BCUT2D eigenvalue weighted by atomic mass is 127. The average Bonchev–Trinajstić information content (AvgIpc) is 2.50. The Morgan fingerprint density at radius 2 is 1.88 bits per heavy atom. The molecule has 6 nitrogen and oxygen atoms in total. The number of esters is 1. The Kier molecular flexibility index (Phi) is 5.75. The van der Waals surface area contributed by atoms with E-state index in [1.54, 1.807) is 32.9 Å². The zero-order chi connectivity index (χ0) is 18.9. The Morgan fingerprint density at radius 3 is 2.44 bits per heavy atom. The number of benzene rings is 2. The number of hydrogen-bond donors (Lipinski definition) is 2. The van der Waals surface area contributed by atoms with Crippen LogP contribution in [-0.2, 0) is 10.1 Å². The molecule has 2 aromatic rings. The van der Waals surface area contributed by atoms with Crippen molar-refractivity contribution < 1.29 is 27.6 Å². The quantitative estimate of drug-likeness (QED) is 0.301. The Morgan fingerprint density at radius 1 is 1.24 bits per heavy atom. The number of aromatic hydroxyl groups is 1. The van der Waals surface area contributed by atoms with Gasteiger partial charge in [0.15, 0.2) is 11.5 Å². The van der Waals surface area contributed by atoms with Gasteiger partial charge >= 0.3 is 5.97 Å².